The van der Waals surface area contributed by atoms with Crippen LogP contribution in [0.5, 0.6) is 0 Å². The molecule has 0 radical (unpaired) electrons. The van der Waals surface area contributed by atoms with Gasteiger partial charge in [0.25, 0.3) is 0 Å². The molecule has 0 aromatic carbocycles. The van der Waals surface area contributed by atoms with E-state index >= 15 is 0 Å². The Morgan fingerprint density at radius 2 is 2.00 bits per heavy atom. The summed E-state index contributed by atoms with van der Waals surface area (Å²) in [6.45, 7) is 12.5. The predicted molar refractivity (Wildman–Crippen MR) is 82.9 cm³/mol. The highest BCUT2D eigenvalue weighted by molar-refractivity contribution is 5.04. The second kappa shape index (κ2) is 5.94. The van der Waals surface area contributed by atoms with E-state index in [9.17, 15) is 0 Å². The third kappa shape index (κ3) is 3.55. The summed E-state index contributed by atoms with van der Waals surface area (Å²) < 4.78 is 5.87. The summed E-state index contributed by atoms with van der Waals surface area (Å²) >= 11 is 0. The molecule has 0 amide bonds. The van der Waals surface area contributed by atoms with Gasteiger partial charge in [0.15, 0.2) is 0 Å². The fourth-order valence-corrected chi connectivity index (χ4v) is 3.67. The normalized spacial score (nSPS) is 35.7. The van der Waals surface area contributed by atoms with Crippen LogP contribution < -0.4 is 5.32 Å². The zero-order valence-electron chi connectivity index (χ0n) is 13.5. The number of ether oxygens (including phenoxy) is 1. The Bertz CT molecular complexity index is 325. The van der Waals surface area contributed by atoms with Gasteiger partial charge in [-0.2, -0.15) is 0 Å². The Morgan fingerprint density at radius 3 is 2.60 bits per heavy atom. The summed E-state index contributed by atoms with van der Waals surface area (Å²) in [5, 5.41) is 3.85. The summed E-state index contributed by atoms with van der Waals surface area (Å²) in [5.74, 6) is 2.51. The van der Waals surface area contributed by atoms with Gasteiger partial charge >= 0.3 is 0 Å². The number of hydrogen-bond donors (Lipinski definition) is 1. The fourth-order valence-electron chi connectivity index (χ4n) is 3.67. The van der Waals surface area contributed by atoms with Gasteiger partial charge in [-0.05, 0) is 50.4 Å². The molecule has 3 heteroatoms. The smallest absolute Gasteiger partial charge is 0.0593 e. The molecule has 116 valence electrons. The van der Waals surface area contributed by atoms with E-state index in [1.54, 1.807) is 0 Å². The number of piperazine rings is 1. The van der Waals surface area contributed by atoms with E-state index in [-0.39, 0.29) is 0 Å². The highest BCUT2D eigenvalue weighted by Gasteiger charge is 2.46. The lowest BCUT2D eigenvalue weighted by atomic mass is 9.88. The largest absolute Gasteiger partial charge is 0.380 e. The topological polar surface area (TPSA) is 24.5 Å². The van der Waals surface area contributed by atoms with Crippen molar-refractivity contribution in [2.24, 2.45) is 17.8 Å². The van der Waals surface area contributed by atoms with Gasteiger partial charge < -0.3 is 10.1 Å². The first kappa shape index (κ1) is 14.8. The Labute approximate surface area is 124 Å². The summed E-state index contributed by atoms with van der Waals surface area (Å²) in [7, 11) is 0. The molecule has 0 aromatic rings. The molecule has 2 atom stereocenters. The first-order valence-corrected chi connectivity index (χ1v) is 8.65. The Morgan fingerprint density at radius 1 is 1.25 bits per heavy atom. The van der Waals surface area contributed by atoms with Crippen molar-refractivity contribution in [1.82, 2.24) is 10.2 Å². The average molecular weight is 280 g/mol. The minimum absolute atomic E-state index is 0.349. The molecule has 0 bridgehead atoms. The van der Waals surface area contributed by atoms with Gasteiger partial charge in [-0.1, -0.05) is 13.8 Å². The van der Waals surface area contributed by atoms with Crippen molar-refractivity contribution < 1.29 is 4.74 Å². The van der Waals surface area contributed by atoms with Gasteiger partial charge in [0, 0.05) is 37.8 Å². The quantitative estimate of drug-likeness (QED) is 0.725. The van der Waals surface area contributed by atoms with E-state index in [0.717, 1.165) is 44.1 Å². The monoisotopic (exact) mass is 280 g/mol. The van der Waals surface area contributed by atoms with Crippen molar-refractivity contribution in [1.29, 1.82) is 0 Å². The Hall–Kier alpha value is -0.120. The Balaban J connectivity index is 1.50. The molecule has 3 fully saturated rings. The molecular weight excluding hydrogens is 248 g/mol. The second-order valence-corrected chi connectivity index (χ2v) is 7.87. The van der Waals surface area contributed by atoms with Crippen molar-refractivity contribution >= 4 is 0 Å². The van der Waals surface area contributed by atoms with Gasteiger partial charge in [0.05, 0.1) is 6.61 Å². The van der Waals surface area contributed by atoms with E-state index in [1.807, 2.05) is 0 Å². The summed E-state index contributed by atoms with van der Waals surface area (Å²) in [5.41, 5.74) is 0.349. The van der Waals surface area contributed by atoms with Crippen LogP contribution in [0, 0.1) is 17.8 Å². The van der Waals surface area contributed by atoms with Crippen LogP contribution in [-0.2, 0) is 4.74 Å². The van der Waals surface area contributed by atoms with Crippen molar-refractivity contribution in [3.05, 3.63) is 0 Å². The van der Waals surface area contributed by atoms with Gasteiger partial charge in [0.2, 0.25) is 0 Å². The van der Waals surface area contributed by atoms with E-state index in [4.69, 9.17) is 4.74 Å². The molecule has 3 nitrogen and oxygen atoms in total. The van der Waals surface area contributed by atoms with Crippen molar-refractivity contribution in [2.75, 3.05) is 32.8 Å². The first-order chi connectivity index (χ1) is 9.58. The molecule has 2 unspecified atom stereocenters. The maximum absolute atomic E-state index is 5.87. The van der Waals surface area contributed by atoms with Crippen LogP contribution in [0.25, 0.3) is 0 Å². The average Bonchev–Trinajstić information content (AvgIpc) is 3.28. The van der Waals surface area contributed by atoms with Gasteiger partial charge in [-0.3, -0.25) is 4.90 Å². The maximum Gasteiger partial charge on any atom is 0.0593 e. The molecule has 1 N–H and O–H groups in total. The van der Waals surface area contributed by atoms with E-state index < -0.39 is 0 Å². The van der Waals surface area contributed by atoms with Gasteiger partial charge in [-0.15, -0.1) is 0 Å². The van der Waals surface area contributed by atoms with Crippen LogP contribution in [-0.4, -0.2) is 49.3 Å². The van der Waals surface area contributed by atoms with E-state index in [0.29, 0.717) is 11.6 Å². The minimum Gasteiger partial charge on any atom is -0.380 e. The number of rotatable bonds is 7. The molecule has 1 heterocycles. The van der Waals surface area contributed by atoms with Crippen molar-refractivity contribution in [2.45, 2.75) is 58.0 Å². The zero-order valence-corrected chi connectivity index (χ0v) is 13.5. The zero-order chi connectivity index (χ0) is 14.2. The highest BCUT2D eigenvalue weighted by atomic mass is 16.5. The van der Waals surface area contributed by atoms with Crippen molar-refractivity contribution in [3.8, 4) is 0 Å². The molecule has 2 aliphatic carbocycles. The summed E-state index contributed by atoms with van der Waals surface area (Å²) in [6.07, 6.45) is 5.62. The van der Waals surface area contributed by atoms with Crippen LogP contribution in [0.3, 0.4) is 0 Å². The molecule has 1 aliphatic heterocycles. The molecule has 0 aromatic heterocycles. The van der Waals surface area contributed by atoms with Crippen LogP contribution >= 0.6 is 0 Å². The number of nitrogens with zero attached hydrogens (tertiary/aromatic N) is 1. The standard InChI is InChI=1S/C17H32N2O/c1-13(2)16-10-18-17(3,15-6-7-15)12-19(16)8-9-20-11-14-4-5-14/h13-16,18H,4-12H2,1-3H3. The molecule has 0 spiro atoms. The summed E-state index contributed by atoms with van der Waals surface area (Å²) in [4.78, 5) is 2.70. The highest BCUT2D eigenvalue weighted by Crippen LogP contribution is 2.41. The van der Waals surface area contributed by atoms with Crippen LogP contribution in [0.15, 0.2) is 0 Å². The number of hydrogen-bond acceptors (Lipinski definition) is 3. The van der Waals surface area contributed by atoms with E-state index in [2.05, 4.69) is 31.0 Å². The Kier molecular flexibility index (Phi) is 4.40. The lowest BCUT2D eigenvalue weighted by Gasteiger charge is -2.48. The molecular formula is C17H32N2O. The molecule has 1 saturated heterocycles. The predicted octanol–water partition coefficient (Wildman–Crippen LogP) is 2.51. The van der Waals surface area contributed by atoms with Crippen molar-refractivity contribution in [3.63, 3.8) is 0 Å². The lowest BCUT2D eigenvalue weighted by Crippen LogP contribution is -2.65. The second-order valence-electron chi connectivity index (χ2n) is 7.87. The van der Waals surface area contributed by atoms with Gasteiger partial charge in [0.1, 0.15) is 0 Å². The molecule has 3 aliphatic rings. The lowest BCUT2D eigenvalue weighted by molar-refractivity contribution is 0.0213. The minimum atomic E-state index is 0.349. The molecule has 3 rings (SSSR count). The number of nitrogens with one attached hydrogen (secondary N) is 1. The molecule has 2 saturated carbocycles. The first-order valence-electron chi connectivity index (χ1n) is 8.65. The van der Waals surface area contributed by atoms with Crippen LogP contribution in [0.1, 0.15) is 46.5 Å². The van der Waals surface area contributed by atoms with Crippen LogP contribution in [0.2, 0.25) is 0 Å². The van der Waals surface area contributed by atoms with E-state index in [1.165, 1.54) is 32.2 Å². The third-order valence-electron chi connectivity index (χ3n) is 5.54. The summed E-state index contributed by atoms with van der Waals surface area (Å²) in [6, 6.07) is 0.673. The third-order valence-corrected chi connectivity index (χ3v) is 5.54. The van der Waals surface area contributed by atoms with Crippen LogP contribution in [0.4, 0.5) is 0 Å². The molecule has 20 heavy (non-hydrogen) atoms. The van der Waals surface area contributed by atoms with Gasteiger partial charge in [-0.25, -0.2) is 0 Å². The fraction of sp³-hybridized carbons (Fsp3) is 1.00. The maximum atomic E-state index is 5.87. The SMILES string of the molecule is CC(C)C1CNC(C)(C2CC2)CN1CCOCC1CC1.